The van der Waals surface area contributed by atoms with Gasteiger partial charge in [-0.1, -0.05) is 11.6 Å². The van der Waals surface area contributed by atoms with Crippen molar-refractivity contribution in [3.8, 4) is 0 Å². The number of likely N-dealkylation sites (tertiary alicyclic amines) is 1. The molecule has 1 heterocycles. The van der Waals surface area contributed by atoms with Gasteiger partial charge < -0.3 is 10.4 Å². The highest BCUT2D eigenvalue weighted by Crippen LogP contribution is 2.19. The molecule has 0 radical (unpaired) electrons. The summed E-state index contributed by atoms with van der Waals surface area (Å²) < 4.78 is 0. The Morgan fingerprint density at radius 2 is 2.05 bits per heavy atom. The van der Waals surface area contributed by atoms with Gasteiger partial charge in [-0.15, -0.1) is 0 Å². The lowest BCUT2D eigenvalue weighted by Crippen LogP contribution is -2.31. The van der Waals surface area contributed by atoms with Crippen LogP contribution >= 0.6 is 11.6 Å². The predicted octanol–water partition coefficient (Wildman–Crippen LogP) is 2.08. The number of hydrogen-bond acceptors (Lipinski definition) is 3. The molecule has 0 spiro atoms. The van der Waals surface area contributed by atoms with Gasteiger partial charge in [-0.2, -0.15) is 0 Å². The van der Waals surface area contributed by atoms with Crippen LogP contribution < -0.4 is 5.32 Å². The number of nitrogens with zero attached hydrogens (tertiary/aromatic N) is 1. The van der Waals surface area contributed by atoms with Gasteiger partial charge in [0, 0.05) is 23.7 Å². The van der Waals surface area contributed by atoms with Crippen molar-refractivity contribution < 1.29 is 14.7 Å². The number of carbonyl (C=O) groups excluding carboxylic acids is 1. The molecule has 1 aliphatic rings. The molecule has 1 amide bonds. The maximum atomic E-state index is 11.9. The Kier molecular flexibility index (Phi) is 4.98. The first-order chi connectivity index (χ1) is 9.52. The summed E-state index contributed by atoms with van der Waals surface area (Å²) in [7, 11) is 0. The van der Waals surface area contributed by atoms with E-state index in [2.05, 4.69) is 5.32 Å². The van der Waals surface area contributed by atoms with Crippen molar-refractivity contribution >= 4 is 29.2 Å². The number of carboxylic acids is 1. The molecule has 0 aliphatic carbocycles. The minimum Gasteiger partial charge on any atom is -0.481 e. The average molecular weight is 297 g/mol. The van der Waals surface area contributed by atoms with Gasteiger partial charge in [-0.25, -0.2) is 0 Å². The Labute approximate surface area is 122 Å². The fourth-order valence-electron chi connectivity index (χ4n) is 2.41. The Morgan fingerprint density at radius 3 is 2.70 bits per heavy atom. The molecule has 1 atom stereocenters. The fraction of sp³-hybridized carbons (Fsp3) is 0.429. The molecule has 108 valence electrons. The van der Waals surface area contributed by atoms with Crippen molar-refractivity contribution in [3.63, 3.8) is 0 Å². The summed E-state index contributed by atoms with van der Waals surface area (Å²) in [5, 5.41) is 12.2. The quantitative estimate of drug-likeness (QED) is 0.873. The monoisotopic (exact) mass is 296 g/mol. The number of rotatable bonds is 5. The molecule has 5 nitrogen and oxygen atoms in total. The first kappa shape index (κ1) is 14.8. The van der Waals surface area contributed by atoms with E-state index < -0.39 is 5.97 Å². The summed E-state index contributed by atoms with van der Waals surface area (Å²) in [5.74, 6) is -0.721. The number of anilines is 1. The van der Waals surface area contributed by atoms with Crippen LogP contribution in [0.4, 0.5) is 5.69 Å². The zero-order valence-corrected chi connectivity index (χ0v) is 11.8. The van der Waals surface area contributed by atoms with Crippen molar-refractivity contribution in [1.29, 1.82) is 0 Å². The highest BCUT2D eigenvalue weighted by molar-refractivity contribution is 6.30. The minimum atomic E-state index is -0.775. The Hall–Kier alpha value is -1.59. The Bertz CT molecular complexity index is 490. The van der Waals surface area contributed by atoms with Crippen molar-refractivity contribution in [1.82, 2.24) is 4.90 Å². The number of carbonyl (C=O) groups is 2. The summed E-state index contributed by atoms with van der Waals surface area (Å²) in [6, 6.07) is 6.93. The van der Waals surface area contributed by atoms with Crippen LogP contribution in [0, 0.1) is 5.92 Å². The van der Waals surface area contributed by atoms with E-state index in [1.165, 1.54) is 0 Å². The van der Waals surface area contributed by atoms with E-state index in [9.17, 15) is 9.59 Å². The highest BCUT2D eigenvalue weighted by Gasteiger charge is 2.25. The van der Waals surface area contributed by atoms with Crippen LogP contribution in [0.5, 0.6) is 0 Å². The second-order valence-electron chi connectivity index (χ2n) is 5.04. The molecule has 2 N–H and O–H groups in total. The van der Waals surface area contributed by atoms with E-state index in [4.69, 9.17) is 16.7 Å². The fourth-order valence-corrected chi connectivity index (χ4v) is 2.53. The van der Waals surface area contributed by atoms with Gasteiger partial charge in [-0.05, 0) is 43.1 Å². The van der Waals surface area contributed by atoms with Gasteiger partial charge in [0.15, 0.2) is 0 Å². The lowest BCUT2D eigenvalue weighted by atomic mass is 10.1. The number of benzene rings is 1. The van der Waals surface area contributed by atoms with E-state index in [-0.39, 0.29) is 18.2 Å². The Balaban J connectivity index is 1.78. The van der Waals surface area contributed by atoms with E-state index in [0.29, 0.717) is 23.8 Å². The van der Waals surface area contributed by atoms with Gasteiger partial charge in [0.25, 0.3) is 0 Å². The standard InChI is InChI=1S/C14H17ClN2O3/c15-11-1-3-12(4-2-11)16-13(18)9-17-6-5-10(8-17)7-14(19)20/h1-4,10H,5-9H2,(H,16,18)(H,19,20). The van der Waals surface area contributed by atoms with Crippen molar-refractivity contribution in [2.75, 3.05) is 25.0 Å². The van der Waals surface area contributed by atoms with Gasteiger partial charge in [0.05, 0.1) is 6.54 Å². The number of nitrogens with one attached hydrogen (secondary N) is 1. The number of aliphatic carboxylic acids is 1. The molecule has 1 saturated heterocycles. The van der Waals surface area contributed by atoms with Crippen LogP contribution in [0.2, 0.25) is 5.02 Å². The summed E-state index contributed by atoms with van der Waals surface area (Å²) >= 11 is 5.77. The lowest BCUT2D eigenvalue weighted by molar-refractivity contribution is -0.138. The van der Waals surface area contributed by atoms with Gasteiger partial charge in [-0.3, -0.25) is 14.5 Å². The summed E-state index contributed by atoms with van der Waals surface area (Å²) in [4.78, 5) is 24.5. The molecule has 0 aromatic heterocycles. The zero-order valence-electron chi connectivity index (χ0n) is 11.0. The van der Waals surface area contributed by atoms with Crippen molar-refractivity contribution in [2.45, 2.75) is 12.8 Å². The predicted molar refractivity (Wildman–Crippen MR) is 76.9 cm³/mol. The zero-order chi connectivity index (χ0) is 14.5. The summed E-state index contributed by atoms with van der Waals surface area (Å²) in [5.41, 5.74) is 0.709. The Morgan fingerprint density at radius 1 is 1.35 bits per heavy atom. The summed E-state index contributed by atoms with van der Waals surface area (Å²) in [6.45, 7) is 1.73. The molecule has 0 saturated carbocycles. The second-order valence-corrected chi connectivity index (χ2v) is 5.48. The maximum absolute atomic E-state index is 11.9. The third-order valence-corrected chi connectivity index (χ3v) is 3.58. The molecule has 6 heteroatoms. The van der Waals surface area contributed by atoms with Crippen molar-refractivity contribution in [3.05, 3.63) is 29.3 Å². The lowest BCUT2D eigenvalue weighted by Gasteiger charge is -2.15. The normalized spacial score (nSPS) is 18.9. The SMILES string of the molecule is O=C(O)CC1CCN(CC(=O)Nc2ccc(Cl)cc2)C1. The first-order valence-electron chi connectivity index (χ1n) is 6.52. The number of halogens is 1. The van der Waals surface area contributed by atoms with Crippen LogP contribution in [-0.4, -0.2) is 41.5 Å². The number of amides is 1. The number of hydrogen-bond donors (Lipinski definition) is 2. The van der Waals surface area contributed by atoms with Crippen molar-refractivity contribution in [2.24, 2.45) is 5.92 Å². The first-order valence-corrected chi connectivity index (χ1v) is 6.90. The highest BCUT2D eigenvalue weighted by atomic mass is 35.5. The van der Waals surface area contributed by atoms with Crippen LogP contribution in [0.15, 0.2) is 24.3 Å². The third kappa shape index (κ3) is 4.51. The molecule has 1 aliphatic heterocycles. The van der Waals surface area contributed by atoms with E-state index in [0.717, 1.165) is 13.0 Å². The van der Waals surface area contributed by atoms with E-state index in [1.54, 1.807) is 24.3 Å². The van der Waals surface area contributed by atoms with Crippen LogP contribution in [0.1, 0.15) is 12.8 Å². The van der Waals surface area contributed by atoms with Gasteiger partial charge in [0.1, 0.15) is 0 Å². The van der Waals surface area contributed by atoms with Crippen LogP contribution in [0.3, 0.4) is 0 Å². The van der Waals surface area contributed by atoms with Gasteiger partial charge >= 0.3 is 5.97 Å². The molecular weight excluding hydrogens is 280 g/mol. The summed E-state index contributed by atoms with van der Waals surface area (Å²) in [6.07, 6.45) is 1.01. The largest absolute Gasteiger partial charge is 0.481 e. The van der Waals surface area contributed by atoms with E-state index >= 15 is 0 Å². The second kappa shape index (κ2) is 6.72. The van der Waals surface area contributed by atoms with Crippen LogP contribution in [0.25, 0.3) is 0 Å². The molecular formula is C14H17ClN2O3. The number of carboxylic acid groups (broad SMARTS) is 1. The van der Waals surface area contributed by atoms with Gasteiger partial charge in [0.2, 0.25) is 5.91 Å². The molecule has 1 aromatic carbocycles. The van der Waals surface area contributed by atoms with Crippen LogP contribution in [-0.2, 0) is 9.59 Å². The molecule has 2 rings (SSSR count). The maximum Gasteiger partial charge on any atom is 0.303 e. The minimum absolute atomic E-state index is 0.0942. The third-order valence-electron chi connectivity index (χ3n) is 3.33. The molecule has 20 heavy (non-hydrogen) atoms. The van der Waals surface area contributed by atoms with E-state index in [1.807, 2.05) is 4.90 Å². The molecule has 1 aromatic rings. The molecule has 1 unspecified atom stereocenters. The molecule has 1 fully saturated rings. The molecule has 0 bridgehead atoms. The average Bonchev–Trinajstić information content (AvgIpc) is 2.78. The smallest absolute Gasteiger partial charge is 0.303 e. The topological polar surface area (TPSA) is 69.6 Å².